The van der Waals surface area contributed by atoms with Crippen molar-refractivity contribution < 1.29 is 9.90 Å². The quantitative estimate of drug-likeness (QED) is 0.634. The maximum Gasteiger partial charge on any atom is 0.356 e. The molecular weight excluding hydrogens is 239 g/mol. The van der Waals surface area contributed by atoms with Gasteiger partial charge in [0.15, 0.2) is 5.69 Å². The van der Waals surface area contributed by atoms with Gasteiger partial charge in [0.2, 0.25) is 0 Å². The molecule has 0 spiro atoms. The third kappa shape index (κ3) is 2.84. The summed E-state index contributed by atoms with van der Waals surface area (Å²) in [7, 11) is 0. The Morgan fingerprint density at radius 2 is 2.33 bits per heavy atom. The highest BCUT2D eigenvalue weighted by Crippen LogP contribution is 2.27. The van der Waals surface area contributed by atoms with Gasteiger partial charge in [-0.25, -0.2) is 9.78 Å². The molecule has 6 heteroatoms. The molecule has 0 aliphatic rings. The first kappa shape index (κ1) is 11.8. The Morgan fingerprint density at radius 1 is 1.67 bits per heavy atom. The van der Waals surface area contributed by atoms with Crippen LogP contribution in [0, 0.1) is 0 Å². The molecule has 1 aromatic heterocycles. The normalized spacial score (nSPS) is 9.73. The number of pyridine rings is 1. The zero-order chi connectivity index (χ0) is 11.4. The van der Waals surface area contributed by atoms with Crippen LogP contribution in [-0.2, 0) is 0 Å². The van der Waals surface area contributed by atoms with Gasteiger partial charge in [-0.3, -0.25) is 0 Å². The van der Waals surface area contributed by atoms with E-state index in [9.17, 15) is 4.79 Å². The van der Waals surface area contributed by atoms with E-state index in [1.54, 1.807) is 6.08 Å². The van der Waals surface area contributed by atoms with E-state index in [2.05, 4.69) is 16.9 Å². The molecule has 0 radical (unpaired) electrons. The molecule has 0 bridgehead atoms. The second kappa shape index (κ2) is 5.00. The van der Waals surface area contributed by atoms with E-state index in [1.807, 2.05) is 0 Å². The molecule has 4 nitrogen and oxygen atoms in total. The van der Waals surface area contributed by atoms with E-state index in [0.29, 0.717) is 12.2 Å². The fraction of sp³-hybridized carbons (Fsp3) is 0.111. The molecule has 1 rings (SSSR count). The summed E-state index contributed by atoms with van der Waals surface area (Å²) in [6.45, 7) is 3.97. The summed E-state index contributed by atoms with van der Waals surface area (Å²) >= 11 is 11.5. The van der Waals surface area contributed by atoms with Gasteiger partial charge >= 0.3 is 5.97 Å². The summed E-state index contributed by atoms with van der Waals surface area (Å²) in [5.41, 5.74) is 0.157. The van der Waals surface area contributed by atoms with Crippen molar-refractivity contribution in [3.8, 4) is 0 Å². The summed E-state index contributed by atoms with van der Waals surface area (Å²) in [5, 5.41) is 11.8. The molecule has 0 amide bonds. The molecule has 0 aliphatic carbocycles. The van der Waals surface area contributed by atoms with E-state index in [-0.39, 0.29) is 15.9 Å². The van der Waals surface area contributed by atoms with Crippen molar-refractivity contribution in [2.75, 3.05) is 11.9 Å². The van der Waals surface area contributed by atoms with Gasteiger partial charge in [0, 0.05) is 12.6 Å². The zero-order valence-electron chi connectivity index (χ0n) is 7.63. The monoisotopic (exact) mass is 246 g/mol. The van der Waals surface area contributed by atoms with Gasteiger partial charge in [-0.1, -0.05) is 29.3 Å². The molecule has 1 heterocycles. The second-order valence-corrected chi connectivity index (χ2v) is 3.40. The predicted octanol–water partition coefficient (Wildman–Crippen LogP) is 2.68. The Labute approximate surface area is 96.5 Å². The van der Waals surface area contributed by atoms with Crippen molar-refractivity contribution >= 4 is 34.9 Å². The number of anilines is 1. The Bertz CT molecular complexity index is 407. The number of carbonyl (C=O) groups is 1. The maximum absolute atomic E-state index is 10.7. The number of halogens is 2. The summed E-state index contributed by atoms with van der Waals surface area (Å²) in [4.78, 5) is 14.4. The number of hydrogen-bond acceptors (Lipinski definition) is 3. The van der Waals surface area contributed by atoms with Gasteiger partial charge in [-0.2, -0.15) is 0 Å². The lowest BCUT2D eigenvalue weighted by Gasteiger charge is -2.08. The van der Waals surface area contributed by atoms with E-state index < -0.39 is 5.97 Å². The molecule has 2 N–H and O–H groups in total. The van der Waals surface area contributed by atoms with Crippen LogP contribution < -0.4 is 5.32 Å². The molecule has 1 aromatic rings. The first-order valence-corrected chi connectivity index (χ1v) is 4.76. The predicted molar refractivity (Wildman–Crippen MR) is 59.9 cm³/mol. The van der Waals surface area contributed by atoms with Gasteiger partial charge in [0.05, 0.1) is 10.7 Å². The minimum Gasteiger partial charge on any atom is -0.476 e. The van der Waals surface area contributed by atoms with Crippen LogP contribution in [-0.4, -0.2) is 22.6 Å². The fourth-order valence-corrected chi connectivity index (χ4v) is 1.39. The van der Waals surface area contributed by atoms with Crippen LogP contribution in [0.25, 0.3) is 0 Å². The highest BCUT2D eigenvalue weighted by molar-refractivity contribution is 6.37. The number of nitrogens with zero attached hydrogens (tertiary/aromatic N) is 1. The Kier molecular flexibility index (Phi) is 3.94. The third-order valence-electron chi connectivity index (χ3n) is 1.57. The van der Waals surface area contributed by atoms with Gasteiger partial charge in [-0.05, 0) is 0 Å². The largest absolute Gasteiger partial charge is 0.476 e. The average Bonchev–Trinajstić information content (AvgIpc) is 2.18. The number of carboxylic acids is 1. The minimum absolute atomic E-state index is 0.0359. The third-order valence-corrected chi connectivity index (χ3v) is 2.14. The van der Waals surface area contributed by atoms with Crippen LogP contribution in [0.4, 0.5) is 5.69 Å². The van der Waals surface area contributed by atoms with Crippen LogP contribution in [0.5, 0.6) is 0 Å². The van der Waals surface area contributed by atoms with Crippen LogP contribution in [0.3, 0.4) is 0 Å². The summed E-state index contributed by atoms with van der Waals surface area (Å²) in [6, 6.07) is 1.46. The number of aromatic nitrogens is 1. The Balaban J connectivity index is 3.15. The Hall–Kier alpha value is -1.26. The van der Waals surface area contributed by atoms with E-state index in [1.165, 1.54) is 6.07 Å². The van der Waals surface area contributed by atoms with E-state index in [4.69, 9.17) is 28.3 Å². The molecule has 0 atom stereocenters. The molecule has 0 unspecified atom stereocenters. The smallest absolute Gasteiger partial charge is 0.356 e. The highest BCUT2D eigenvalue weighted by atomic mass is 35.5. The van der Waals surface area contributed by atoms with Gasteiger partial charge in [-0.15, -0.1) is 6.58 Å². The van der Waals surface area contributed by atoms with Crippen LogP contribution in [0.15, 0.2) is 18.7 Å². The summed E-state index contributed by atoms with van der Waals surface area (Å²) in [5.74, 6) is -1.22. The topological polar surface area (TPSA) is 62.2 Å². The number of hydrogen-bond donors (Lipinski definition) is 2. The lowest BCUT2D eigenvalue weighted by atomic mass is 10.3. The molecule has 0 saturated carbocycles. The van der Waals surface area contributed by atoms with Crippen molar-refractivity contribution in [1.82, 2.24) is 4.98 Å². The van der Waals surface area contributed by atoms with Crippen molar-refractivity contribution in [2.24, 2.45) is 0 Å². The molecule has 15 heavy (non-hydrogen) atoms. The number of aromatic carboxylic acids is 1. The van der Waals surface area contributed by atoms with Gasteiger partial charge in [0.1, 0.15) is 5.15 Å². The van der Waals surface area contributed by atoms with Gasteiger partial charge < -0.3 is 10.4 Å². The molecule has 0 aliphatic heterocycles. The van der Waals surface area contributed by atoms with Crippen molar-refractivity contribution in [1.29, 1.82) is 0 Å². The van der Waals surface area contributed by atoms with E-state index in [0.717, 1.165) is 0 Å². The number of rotatable bonds is 4. The van der Waals surface area contributed by atoms with Crippen molar-refractivity contribution in [2.45, 2.75) is 0 Å². The number of nitrogens with one attached hydrogen (secondary N) is 1. The summed E-state index contributed by atoms with van der Waals surface area (Å²) in [6.07, 6.45) is 1.62. The fourth-order valence-electron chi connectivity index (χ4n) is 0.951. The molecule has 0 saturated heterocycles. The van der Waals surface area contributed by atoms with Crippen LogP contribution >= 0.6 is 23.2 Å². The molecule has 0 aromatic carbocycles. The zero-order valence-corrected chi connectivity index (χ0v) is 9.14. The molecule has 80 valence electrons. The first-order valence-electron chi connectivity index (χ1n) is 4.00. The maximum atomic E-state index is 10.7. The summed E-state index contributed by atoms with van der Waals surface area (Å²) < 4.78 is 0. The average molecular weight is 247 g/mol. The minimum atomic E-state index is -1.22. The standard InChI is InChI=1S/C9H8Cl2N2O2/c1-2-3-12-5-4-6(10)13-8(7(5)11)9(14)15/h2,4H,1,3H2,(H,12,13)(H,14,15). The SMILES string of the molecule is C=CCNc1cc(Cl)nc(C(=O)O)c1Cl. The van der Waals surface area contributed by atoms with Crippen LogP contribution in [0.1, 0.15) is 10.5 Å². The van der Waals surface area contributed by atoms with Crippen LogP contribution in [0.2, 0.25) is 10.2 Å². The highest BCUT2D eigenvalue weighted by Gasteiger charge is 2.15. The molecule has 0 fully saturated rings. The van der Waals surface area contributed by atoms with Crippen molar-refractivity contribution in [3.05, 3.63) is 34.6 Å². The second-order valence-electron chi connectivity index (χ2n) is 2.63. The lowest BCUT2D eigenvalue weighted by molar-refractivity contribution is 0.0691. The molecular formula is C9H8Cl2N2O2. The lowest BCUT2D eigenvalue weighted by Crippen LogP contribution is -2.06. The van der Waals surface area contributed by atoms with E-state index >= 15 is 0 Å². The van der Waals surface area contributed by atoms with Gasteiger partial charge in [0.25, 0.3) is 0 Å². The number of carboxylic acid groups (broad SMARTS) is 1. The Morgan fingerprint density at radius 3 is 2.87 bits per heavy atom. The van der Waals surface area contributed by atoms with Crippen molar-refractivity contribution in [3.63, 3.8) is 0 Å². The first-order chi connectivity index (χ1) is 7.06.